The van der Waals surface area contributed by atoms with Crippen molar-refractivity contribution < 1.29 is 28.8 Å². The van der Waals surface area contributed by atoms with Crippen LogP contribution < -0.4 is 0 Å². The molecule has 0 bridgehead atoms. The number of rotatable bonds is 13. The molecule has 0 radical (unpaired) electrons. The zero-order chi connectivity index (χ0) is 16.1. The second kappa shape index (κ2) is 11.9. The first-order chi connectivity index (χ1) is 9.94. The molecule has 0 fully saturated rings. The molecule has 1 atom stereocenters. The molecule has 0 aromatic rings. The summed E-state index contributed by atoms with van der Waals surface area (Å²) in [5, 5.41) is 8.59. The van der Waals surface area contributed by atoms with Crippen LogP contribution in [0.1, 0.15) is 34.1 Å². The second-order valence-corrected chi connectivity index (χ2v) is 5.47. The highest BCUT2D eigenvalue weighted by atomic mass is 16.6. The molecule has 6 nitrogen and oxygen atoms in total. The summed E-state index contributed by atoms with van der Waals surface area (Å²) in [6.07, 6.45) is 0.700. The zero-order valence-corrected chi connectivity index (χ0v) is 13.7. The topological polar surface area (TPSA) is 74.2 Å². The van der Waals surface area contributed by atoms with E-state index in [0.29, 0.717) is 33.0 Å². The quantitative estimate of drug-likeness (QED) is 0.409. The third-order valence-corrected chi connectivity index (χ3v) is 3.12. The van der Waals surface area contributed by atoms with Gasteiger partial charge in [0.25, 0.3) is 0 Å². The number of esters is 1. The summed E-state index contributed by atoms with van der Waals surface area (Å²) in [6.45, 7) is 9.90. The Balaban J connectivity index is 3.39. The average molecular weight is 306 g/mol. The standard InChI is InChI=1S/C15H30O6/c1-5-15(3,4)14(17)21-11-10-18-8-9-19-12-13(2)20-7-6-16/h13,16H,5-12H2,1-4H3. The Morgan fingerprint density at radius 1 is 1.10 bits per heavy atom. The Labute approximate surface area is 127 Å². The Morgan fingerprint density at radius 2 is 1.71 bits per heavy atom. The largest absolute Gasteiger partial charge is 0.463 e. The lowest BCUT2D eigenvalue weighted by molar-refractivity contribution is -0.155. The molecule has 0 saturated carbocycles. The van der Waals surface area contributed by atoms with E-state index in [-0.39, 0.29) is 25.3 Å². The molecule has 0 rings (SSSR count). The first kappa shape index (κ1) is 20.3. The van der Waals surface area contributed by atoms with Crippen molar-refractivity contribution in [3.63, 3.8) is 0 Å². The van der Waals surface area contributed by atoms with Gasteiger partial charge in [-0.25, -0.2) is 0 Å². The highest BCUT2D eigenvalue weighted by Crippen LogP contribution is 2.21. The highest BCUT2D eigenvalue weighted by Gasteiger charge is 2.26. The van der Waals surface area contributed by atoms with E-state index in [0.717, 1.165) is 6.42 Å². The second-order valence-electron chi connectivity index (χ2n) is 5.47. The molecule has 1 unspecified atom stereocenters. The van der Waals surface area contributed by atoms with E-state index in [1.165, 1.54) is 0 Å². The number of aliphatic hydroxyl groups excluding tert-OH is 1. The Bertz CT molecular complexity index is 267. The summed E-state index contributed by atoms with van der Waals surface area (Å²) in [7, 11) is 0. The summed E-state index contributed by atoms with van der Waals surface area (Å²) in [5.41, 5.74) is -0.437. The van der Waals surface area contributed by atoms with Gasteiger partial charge in [-0.2, -0.15) is 0 Å². The van der Waals surface area contributed by atoms with E-state index in [1.54, 1.807) is 0 Å². The van der Waals surface area contributed by atoms with Crippen LogP contribution >= 0.6 is 0 Å². The van der Waals surface area contributed by atoms with Crippen LogP contribution in [0.2, 0.25) is 0 Å². The van der Waals surface area contributed by atoms with Crippen molar-refractivity contribution in [2.24, 2.45) is 5.41 Å². The van der Waals surface area contributed by atoms with Crippen molar-refractivity contribution in [2.45, 2.75) is 40.2 Å². The Morgan fingerprint density at radius 3 is 2.33 bits per heavy atom. The third-order valence-electron chi connectivity index (χ3n) is 3.12. The first-order valence-electron chi connectivity index (χ1n) is 7.49. The van der Waals surface area contributed by atoms with E-state index in [1.807, 2.05) is 27.7 Å². The summed E-state index contributed by atoms with van der Waals surface area (Å²) >= 11 is 0. The summed E-state index contributed by atoms with van der Waals surface area (Å²) in [5.74, 6) is -0.195. The van der Waals surface area contributed by atoms with Gasteiger partial charge in [-0.05, 0) is 27.2 Å². The summed E-state index contributed by atoms with van der Waals surface area (Å²) in [4.78, 5) is 11.7. The lowest BCUT2D eigenvalue weighted by atomic mass is 9.91. The predicted molar refractivity (Wildman–Crippen MR) is 79.2 cm³/mol. The van der Waals surface area contributed by atoms with Gasteiger partial charge in [-0.1, -0.05) is 6.92 Å². The SMILES string of the molecule is CCC(C)(C)C(=O)OCCOCCOCC(C)OCCO. The fourth-order valence-electron chi connectivity index (χ4n) is 1.30. The molecule has 0 aromatic carbocycles. The molecule has 0 heterocycles. The molecule has 0 amide bonds. The van der Waals surface area contributed by atoms with Gasteiger partial charge in [-0.15, -0.1) is 0 Å². The van der Waals surface area contributed by atoms with Gasteiger partial charge < -0.3 is 24.1 Å². The van der Waals surface area contributed by atoms with Crippen molar-refractivity contribution >= 4 is 5.97 Å². The van der Waals surface area contributed by atoms with Crippen LogP contribution in [0.5, 0.6) is 0 Å². The van der Waals surface area contributed by atoms with E-state index >= 15 is 0 Å². The van der Waals surface area contributed by atoms with Crippen molar-refractivity contribution in [2.75, 3.05) is 46.2 Å². The van der Waals surface area contributed by atoms with Gasteiger partial charge in [0.15, 0.2) is 0 Å². The number of aliphatic hydroxyl groups is 1. The molecular formula is C15H30O6. The van der Waals surface area contributed by atoms with E-state index < -0.39 is 5.41 Å². The minimum absolute atomic E-state index is 0.0149. The summed E-state index contributed by atoms with van der Waals surface area (Å²) < 4.78 is 21.0. The van der Waals surface area contributed by atoms with Gasteiger partial charge in [-0.3, -0.25) is 4.79 Å². The monoisotopic (exact) mass is 306 g/mol. The molecule has 126 valence electrons. The third kappa shape index (κ3) is 10.6. The van der Waals surface area contributed by atoms with Crippen LogP contribution in [-0.4, -0.2) is 63.4 Å². The van der Waals surface area contributed by atoms with Crippen LogP contribution in [0.15, 0.2) is 0 Å². The van der Waals surface area contributed by atoms with Gasteiger partial charge in [0.2, 0.25) is 0 Å². The van der Waals surface area contributed by atoms with Gasteiger partial charge >= 0.3 is 5.97 Å². The number of hydrogen-bond acceptors (Lipinski definition) is 6. The van der Waals surface area contributed by atoms with Crippen LogP contribution in [0.4, 0.5) is 0 Å². The van der Waals surface area contributed by atoms with E-state index in [9.17, 15) is 4.79 Å². The Hall–Kier alpha value is -0.690. The predicted octanol–water partition coefficient (Wildman–Crippen LogP) is 1.40. The zero-order valence-electron chi connectivity index (χ0n) is 13.7. The molecule has 0 aliphatic rings. The van der Waals surface area contributed by atoms with Gasteiger partial charge in [0, 0.05) is 0 Å². The van der Waals surface area contributed by atoms with Crippen LogP contribution in [-0.2, 0) is 23.7 Å². The maximum absolute atomic E-state index is 11.7. The van der Waals surface area contributed by atoms with Crippen molar-refractivity contribution in [3.8, 4) is 0 Å². The molecule has 0 spiro atoms. The minimum Gasteiger partial charge on any atom is -0.463 e. The molecule has 0 aliphatic heterocycles. The van der Waals surface area contributed by atoms with E-state index in [4.69, 9.17) is 24.1 Å². The molecule has 6 heteroatoms. The molecule has 0 aromatic heterocycles. The Kier molecular flexibility index (Phi) is 11.5. The number of carbonyl (C=O) groups excluding carboxylic acids is 1. The lowest BCUT2D eigenvalue weighted by Crippen LogP contribution is -2.27. The first-order valence-corrected chi connectivity index (χ1v) is 7.49. The van der Waals surface area contributed by atoms with Crippen molar-refractivity contribution in [1.29, 1.82) is 0 Å². The fourth-order valence-corrected chi connectivity index (χ4v) is 1.30. The van der Waals surface area contributed by atoms with Crippen LogP contribution in [0.3, 0.4) is 0 Å². The smallest absolute Gasteiger partial charge is 0.311 e. The minimum atomic E-state index is -0.437. The van der Waals surface area contributed by atoms with Crippen molar-refractivity contribution in [1.82, 2.24) is 0 Å². The normalized spacial score (nSPS) is 13.2. The number of carbonyl (C=O) groups is 1. The number of hydrogen-bond donors (Lipinski definition) is 1. The molecule has 1 N–H and O–H groups in total. The van der Waals surface area contributed by atoms with E-state index in [2.05, 4.69) is 0 Å². The van der Waals surface area contributed by atoms with Crippen LogP contribution in [0.25, 0.3) is 0 Å². The van der Waals surface area contributed by atoms with Crippen molar-refractivity contribution in [3.05, 3.63) is 0 Å². The lowest BCUT2D eigenvalue weighted by Gasteiger charge is -2.20. The molecule has 21 heavy (non-hydrogen) atoms. The number of ether oxygens (including phenoxy) is 4. The molecule has 0 aliphatic carbocycles. The van der Waals surface area contributed by atoms with Crippen LogP contribution in [0, 0.1) is 5.41 Å². The molecule has 0 saturated heterocycles. The summed E-state index contributed by atoms with van der Waals surface area (Å²) in [6, 6.07) is 0. The van der Waals surface area contributed by atoms with Gasteiger partial charge in [0.1, 0.15) is 6.61 Å². The maximum atomic E-state index is 11.7. The highest BCUT2D eigenvalue weighted by molar-refractivity contribution is 5.75. The molecular weight excluding hydrogens is 276 g/mol. The average Bonchev–Trinajstić information content (AvgIpc) is 2.47. The fraction of sp³-hybridized carbons (Fsp3) is 0.933. The van der Waals surface area contributed by atoms with Gasteiger partial charge in [0.05, 0.1) is 51.2 Å². The maximum Gasteiger partial charge on any atom is 0.311 e.